The van der Waals surface area contributed by atoms with Gasteiger partial charge >= 0.3 is 12.1 Å². The van der Waals surface area contributed by atoms with Crippen LogP contribution < -0.4 is 16.0 Å². The standard InChI is InChI=1S/C24H36F3N5O4/c1-22(2,3)17(30-21(36)24(25,26)27)20(35)32(6)16(9-13-7-8-13)19(34)29-15(12-28)10-14-11-23(4,5)31-18(14)33/h13-17H,7-11H2,1-6H3,(H,29,34)(H,30,36)(H,31,33). The van der Waals surface area contributed by atoms with Crippen molar-refractivity contribution in [2.24, 2.45) is 17.3 Å². The highest BCUT2D eigenvalue weighted by Gasteiger charge is 2.46. The second-order valence-electron chi connectivity index (χ2n) is 11.6. The molecule has 2 rings (SSSR count). The molecule has 0 radical (unpaired) electrons. The molecule has 0 spiro atoms. The topological polar surface area (TPSA) is 131 Å². The summed E-state index contributed by atoms with van der Waals surface area (Å²) in [7, 11) is 1.31. The molecule has 2 aliphatic rings. The average molecular weight is 516 g/mol. The summed E-state index contributed by atoms with van der Waals surface area (Å²) < 4.78 is 38.7. The Labute approximate surface area is 209 Å². The Morgan fingerprint density at radius 2 is 1.75 bits per heavy atom. The summed E-state index contributed by atoms with van der Waals surface area (Å²) in [5.74, 6) is -4.22. The molecule has 0 bridgehead atoms. The molecule has 9 nitrogen and oxygen atoms in total. The van der Waals surface area contributed by atoms with Gasteiger partial charge in [0.05, 0.1) is 6.07 Å². The van der Waals surface area contributed by atoms with Crippen LogP contribution in [0.4, 0.5) is 13.2 Å². The molecule has 36 heavy (non-hydrogen) atoms. The molecular weight excluding hydrogens is 479 g/mol. The zero-order valence-electron chi connectivity index (χ0n) is 21.6. The number of carbonyl (C=O) groups is 4. The second kappa shape index (κ2) is 10.6. The van der Waals surface area contributed by atoms with Crippen LogP contribution in [-0.2, 0) is 19.2 Å². The molecule has 1 saturated carbocycles. The van der Waals surface area contributed by atoms with Gasteiger partial charge in [-0.1, -0.05) is 33.6 Å². The molecule has 4 amide bonds. The summed E-state index contributed by atoms with van der Waals surface area (Å²) in [6.45, 7) is 8.25. The van der Waals surface area contributed by atoms with Crippen molar-refractivity contribution in [1.29, 1.82) is 5.26 Å². The Morgan fingerprint density at radius 3 is 2.17 bits per heavy atom. The quantitative estimate of drug-likeness (QED) is 0.432. The number of alkyl halides is 3. The maximum absolute atomic E-state index is 13.3. The first kappa shape index (κ1) is 29.4. The van der Waals surface area contributed by atoms with E-state index in [1.807, 2.05) is 19.9 Å². The van der Waals surface area contributed by atoms with Crippen LogP contribution in [0.2, 0.25) is 0 Å². The van der Waals surface area contributed by atoms with E-state index in [-0.39, 0.29) is 24.7 Å². The van der Waals surface area contributed by atoms with Crippen LogP contribution >= 0.6 is 0 Å². The van der Waals surface area contributed by atoms with E-state index >= 15 is 0 Å². The second-order valence-corrected chi connectivity index (χ2v) is 11.6. The van der Waals surface area contributed by atoms with E-state index < -0.39 is 58.9 Å². The summed E-state index contributed by atoms with van der Waals surface area (Å²) in [5, 5.41) is 16.8. The first-order valence-corrected chi connectivity index (χ1v) is 12.0. The summed E-state index contributed by atoms with van der Waals surface area (Å²) in [4.78, 5) is 51.4. The molecule has 1 heterocycles. The minimum atomic E-state index is -5.17. The summed E-state index contributed by atoms with van der Waals surface area (Å²) >= 11 is 0. The zero-order chi connectivity index (χ0) is 27.6. The van der Waals surface area contributed by atoms with Gasteiger partial charge in [0.2, 0.25) is 17.7 Å². The lowest BCUT2D eigenvalue weighted by Crippen LogP contribution is -2.60. The number of carbonyl (C=O) groups excluding carboxylic acids is 4. The van der Waals surface area contributed by atoms with Gasteiger partial charge in [0.15, 0.2) is 0 Å². The third-order valence-electron chi connectivity index (χ3n) is 6.60. The Kier molecular flexibility index (Phi) is 8.69. The van der Waals surface area contributed by atoms with Gasteiger partial charge in [0, 0.05) is 18.5 Å². The van der Waals surface area contributed by atoms with E-state index in [4.69, 9.17) is 0 Å². The summed E-state index contributed by atoms with van der Waals surface area (Å²) in [5.41, 5.74) is -1.50. The molecule has 0 aromatic carbocycles. The van der Waals surface area contributed by atoms with Gasteiger partial charge in [-0.2, -0.15) is 18.4 Å². The monoisotopic (exact) mass is 515 g/mol. The van der Waals surface area contributed by atoms with Crippen LogP contribution in [0, 0.1) is 28.6 Å². The summed E-state index contributed by atoms with van der Waals surface area (Å²) in [6, 6.07) is -1.59. The fourth-order valence-corrected chi connectivity index (χ4v) is 4.41. The van der Waals surface area contributed by atoms with Crippen molar-refractivity contribution in [2.45, 2.75) is 96.6 Å². The number of likely N-dealkylation sites (N-methyl/N-ethyl adjacent to an activating group) is 1. The minimum absolute atomic E-state index is 0.0948. The maximum atomic E-state index is 13.3. The molecule has 4 atom stereocenters. The van der Waals surface area contributed by atoms with Gasteiger partial charge < -0.3 is 20.9 Å². The average Bonchev–Trinajstić information content (AvgIpc) is 3.51. The van der Waals surface area contributed by atoms with E-state index in [9.17, 15) is 37.6 Å². The number of halogens is 3. The number of hydrogen-bond acceptors (Lipinski definition) is 5. The number of nitrogens with one attached hydrogen (secondary N) is 3. The zero-order valence-corrected chi connectivity index (χ0v) is 21.6. The largest absolute Gasteiger partial charge is 0.471 e. The highest BCUT2D eigenvalue weighted by atomic mass is 19.4. The molecule has 3 N–H and O–H groups in total. The van der Waals surface area contributed by atoms with Crippen LogP contribution in [0.25, 0.3) is 0 Å². The van der Waals surface area contributed by atoms with Crippen LogP contribution in [0.5, 0.6) is 0 Å². The van der Waals surface area contributed by atoms with Crippen molar-refractivity contribution >= 4 is 23.6 Å². The first-order chi connectivity index (χ1) is 16.4. The lowest BCUT2D eigenvalue weighted by Gasteiger charge is -2.36. The highest BCUT2D eigenvalue weighted by Crippen LogP contribution is 2.35. The number of hydrogen-bond donors (Lipinski definition) is 3. The van der Waals surface area contributed by atoms with E-state index in [0.717, 1.165) is 17.7 Å². The third-order valence-corrected chi connectivity index (χ3v) is 6.60. The lowest BCUT2D eigenvalue weighted by atomic mass is 9.85. The first-order valence-electron chi connectivity index (χ1n) is 12.0. The maximum Gasteiger partial charge on any atom is 0.471 e. The fourth-order valence-electron chi connectivity index (χ4n) is 4.41. The van der Waals surface area contributed by atoms with E-state index in [0.29, 0.717) is 6.42 Å². The SMILES string of the molecule is CN(C(=O)C(NC(=O)C(F)(F)F)C(C)(C)C)C(CC1CC1)C(=O)NC(C#N)CC1CC(C)(C)NC1=O. The van der Waals surface area contributed by atoms with Crippen LogP contribution in [0.1, 0.15) is 66.7 Å². The van der Waals surface area contributed by atoms with Gasteiger partial charge in [0.25, 0.3) is 0 Å². The van der Waals surface area contributed by atoms with Gasteiger partial charge in [-0.05, 0) is 44.4 Å². The smallest absolute Gasteiger partial charge is 0.351 e. The Balaban J connectivity index is 2.19. The van der Waals surface area contributed by atoms with Gasteiger partial charge in [-0.3, -0.25) is 19.2 Å². The molecule has 1 saturated heterocycles. The fraction of sp³-hybridized carbons (Fsp3) is 0.792. The van der Waals surface area contributed by atoms with Crippen molar-refractivity contribution < 1.29 is 32.3 Å². The summed E-state index contributed by atoms with van der Waals surface area (Å²) in [6.07, 6.45) is -2.62. The Bertz CT molecular complexity index is 918. The number of rotatable bonds is 9. The van der Waals surface area contributed by atoms with Crippen LogP contribution in [0.15, 0.2) is 0 Å². The van der Waals surface area contributed by atoms with Crippen molar-refractivity contribution in [3.05, 3.63) is 0 Å². The minimum Gasteiger partial charge on any atom is -0.351 e. The Morgan fingerprint density at radius 1 is 1.17 bits per heavy atom. The predicted molar refractivity (Wildman–Crippen MR) is 124 cm³/mol. The lowest BCUT2D eigenvalue weighted by molar-refractivity contribution is -0.176. The molecule has 2 fully saturated rings. The third kappa shape index (κ3) is 7.83. The predicted octanol–water partition coefficient (Wildman–Crippen LogP) is 2.02. The molecule has 1 aliphatic carbocycles. The van der Waals surface area contributed by atoms with Crippen molar-refractivity contribution in [3.63, 3.8) is 0 Å². The van der Waals surface area contributed by atoms with Gasteiger partial charge in [0.1, 0.15) is 18.1 Å². The van der Waals surface area contributed by atoms with E-state index in [2.05, 4.69) is 10.6 Å². The van der Waals surface area contributed by atoms with Gasteiger partial charge in [-0.25, -0.2) is 0 Å². The number of nitriles is 1. The van der Waals surface area contributed by atoms with Crippen molar-refractivity contribution in [1.82, 2.24) is 20.9 Å². The molecule has 12 heteroatoms. The van der Waals surface area contributed by atoms with Crippen molar-refractivity contribution in [2.75, 3.05) is 7.05 Å². The van der Waals surface area contributed by atoms with Crippen molar-refractivity contribution in [3.8, 4) is 6.07 Å². The highest BCUT2D eigenvalue weighted by molar-refractivity contribution is 5.93. The van der Waals surface area contributed by atoms with E-state index in [1.165, 1.54) is 27.8 Å². The molecule has 1 aliphatic heterocycles. The van der Waals surface area contributed by atoms with Crippen LogP contribution in [0.3, 0.4) is 0 Å². The molecule has 202 valence electrons. The molecular formula is C24H36F3N5O4. The van der Waals surface area contributed by atoms with Crippen LogP contribution in [-0.4, -0.2) is 65.4 Å². The molecule has 0 aromatic heterocycles. The van der Waals surface area contributed by atoms with E-state index in [1.54, 1.807) is 5.32 Å². The Hall–Kier alpha value is -2.84. The number of nitrogens with zero attached hydrogens (tertiary/aromatic N) is 2. The number of amides is 4. The normalized spacial score (nSPS) is 22.0. The molecule has 0 aromatic rings. The van der Waals surface area contributed by atoms with Gasteiger partial charge in [-0.15, -0.1) is 0 Å². The molecule has 4 unspecified atom stereocenters.